The normalized spacial score (nSPS) is 28.3. The molecule has 5 heteroatoms. The van der Waals surface area contributed by atoms with Crippen LogP contribution in [0.3, 0.4) is 0 Å². The minimum absolute atomic E-state index is 0. The smallest absolute Gasteiger partial charge is 0.191 e. The SMILES string of the molecule is CC1CCCN(C(N)=NCCCN2CCCCC2C)C1.I. The average molecular weight is 408 g/mol. The molecule has 0 aromatic rings. The van der Waals surface area contributed by atoms with Crippen molar-refractivity contribution in [3.8, 4) is 0 Å². The van der Waals surface area contributed by atoms with Crippen molar-refractivity contribution in [1.29, 1.82) is 0 Å². The summed E-state index contributed by atoms with van der Waals surface area (Å²) in [6.45, 7) is 10.1. The predicted molar refractivity (Wildman–Crippen MR) is 101 cm³/mol. The van der Waals surface area contributed by atoms with Gasteiger partial charge in [-0.2, -0.15) is 0 Å². The van der Waals surface area contributed by atoms with Crippen LogP contribution < -0.4 is 5.73 Å². The maximum Gasteiger partial charge on any atom is 0.191 e. The number of aliphatic imine (C=N–C) groups is 1. The van der Waals surface area contributed by atoms with Crippen molar-refractivity contribution < 1.29 is 0 Å². The Bertz CT molecular complexity index is 321. The van der Waals surface area contributed by atoms with Crippen molar-refractivity contribution in [3.05, 3.63) is 0 Å². The Morgan fingerprint density at radius 1 is 1.14 bits per heavy atom. The van der Waals surface area contributed by atoms with Gasteiger partial charge in [-0.05, 0) is 51.5 Å². The second kappa shape index (κ2) is 9.87. The Morgan fingerprint density at radius 3 is 2.67 bits per heavy atom. The molecule has 124 valence electrons. The minimum atomic E-state index is 0. The molecule has 2 aliphatic rings. The lowest BCUT2D eigenvalue weighted by Gasteiger charge is -2.33. The number of likely N-dealkylation sites (tertiary alicyclic amines) is 2. The minimum Gasteiger partial charge on any atom is -0.370 e. The lowest BCUT2D eigenvalue weighted by Crippen LogP contribution is -2.43. The monoisotopic (exact) mass is 408 g/mol. The molecule has 0 aromatic carbocycles. The second-order valence-corrected chi connectivity index (χ2v) is 6.67. The molecular formula is C16H33IN4. The molecule has 0 radical (unpaired) electrons. The zero-order valence-electron chi connectivity index (χ0n) is 13.8. The Hall–Kier alpha value is -0.0400. The van der Waals surface area contributed by atoms with Gasteiger partial charge in [0.2, 0.25) is 0 Å². The third-order valence-electron chi connectivity index (χ3n) is 4.80. The van der Waals surface area contributed by atoms with Gasteiger partial charge in [0.05, 0.1) is 0 Å². The van der Waals surface area contributed by atoms with E-state index < -0.39 is 0 Å². The van der Waals surface area contributed by atoms with Crippen molar-refractivity contribution >= 4 is 29.9 Å². The largest absolute Gasteiger partial charge is 0.370 e. The lowest BCUT2D eigenvalue weighted by atomic mass is 10.0. The maximum atomic E-state index is 6.12. The van der Waals surface area contributed by atoms with Gasteiger partial charge in [0.15, 0.2) is 5.96 Å². The zero-order valence-corrected chi connectivity index (χ0v) is 16.1. The molecule has 2 unspecified atom stereocenters. The van der Waals surface area contributed by atoms with Crippen LogP contribution in [0.2, 0.25) is 0 Å². The molecule has 2 atom stereocenters. The van der Waals surface area contributed by atoms with Gasteiger partial charge >= 0.3 is 0 Å². The molecule has 0 amide bonds. The van der Waals surface area contributed by atoms with Crippen LogP contribution in [0.25, 0.3) is 0 Å². The molecule has 2 aliphatic heterocycles. The van der Waals surface area contributed by atoms with Crippen LogP contribution in [-0.2, 0) is 0 Å². The average Bonchev–Trinajstić information content (AvgIpc) is 2.45. The summed E-state index contributed by atoms with van der Waals surface area (Å²) in [5.74, 6) is 1.52. The fourth-order valence-electron chi connectivity index (χ4n) is 3.45. The molecular weight excluding hydrogens is 375 g/mol. The van der Waals surface area contributed by atoms with Crippen molar-refractivity contribution in [2.24, 2.45) is 16.6 Å². The summed E-state index contributed by atoms with van der Waals surface area (Å²) in [7, 11) is 0. The molecule has 21 heavy (non-hydrogen) atoms. The van der Waals surface area contributed by atoms with Crippen LogP contribution in [-0.4, -0.2) is 54.5 Å². The predicted octanol–water partition coefficient (Wildman–Crippen LogP) is 2.92. The number of piperidine rings is 2. The first-order chi connectivity index (χ1) is 9.66. The summed E-state index contributed by atoms with van der Waals surface area (Å²) in [6.07, 6.45) is 7.84. The maximum absolute atomic E-state index is 6.12. The molecule has 2 rings (SSSR count). The number of nitrogens with zero attached hydrogens (tertiary/aromatic N) is 3. The van der Waals surface area contributed by atoms with Gasteiger partial charge in [-0.3, -0.25) is 4.99 Å². The Labute approximate surface area is 147 Å². The van der Waals surface area contributed by atoms with Crippen molar-refractivity contribution in [2.75, 3.05) is 32.7 Å². The second-order valence-electron chi connectivity index (χ2n) is 6.67. The first-order valence-electron chi connectivity index (χ1n) is 8.45. The van der Waals surface area contributed by atoms with Gasteiger partial charge in [0, 0.05) is 32.2 Å². The summed E-state index contributed by atoms with van der Waals surface area (Å²) >= 11 is 0. The highest BCUT2D eigenvalue weighted by atomic mass is 127. The van der Waals surface area contributed by atoms with Crippen molar-refractivity contribution in [1.82, 2.24) is 9.80 Å². The summed E-state index contributed by atoms with van der Waals surface area (Å²) in [5.41, 5.74) is 6.12. The molecule has 0 spiro atoms. The highest BCUT2D eigenvalue weighted by Crippen LogP contribution is 2.17. The Morgan fingerprint density at radius 2 is 1.95 bits per heavy atom. The van der Waals surface area contributed by atoms with E-state index >= 15 is 0 Å². The van der Waals surface area contributed by atoms with Crippen molar-refractivity contribution in [2.45, 2.75) is 58.4 Å². The molecule has 2 fully saturated rings. The molecule has 2 N–H and O–H groups in total. The fourth-order valence-corrected chi connectivity index (χ4v) is 3.45. The third kappa shape index (κ3) is 6.30. The first-order valence-corrected chi connectivity index (χ1v) is 8.45. The van der Waals surface area contributed by atoms with Crippen LogP contribution in [0, 0.1) is 5.92 Å². The topological polar surface area (TPSA) is 44.9 Å². The van der Waals surface area contributed by atoms with Crippen LogP contribution in [0.15, 0.2) is 4.99 Å². The van der Waals surface area contributed by atoms with Gasteiger partial charge < -0.3 is 15.5 Å². The van der Waals surface area contributed by atoms with E-state index in [0.717, 1.165) is 44.0 Å². The highest BCUT2D eigenvalue weighted by Gasteiger charge is 2.18. The molecule has 2 saturated heterocycles. The third-order valence-corrected chi connectivity index (χ3v) is 4.80. The van der Waals surface area contributed by atoms with Crippen LogP contribution in [0.4, 0.5) is 0 Å². The van der Waals surface area contributed by atoms with E-state index in [0.29, 0.717) is 0 Å². The number of halogens is 1. The van der Waals surface area contributed by atoms with Crippen LogP contribution in [0.5, 0.6) is 0 Å². The van der Waals surface area contributed by atoms with E-state index in [-0.39, 0.29) is 24.0 Å². The summed E-state index contributed by atoms with van der Waals surface area (Å²) in [5, 5.41) is 0. The van der Waals surface area contributed by atoms with Gasteiger partial charge in [0.25, 0.3) is 0 Å². The van der Waals surface area contributed by atoms with E-state index in [1.165, 1.54) is 45.2 Å². The van der Waals surface area contributed by atoms with Crippen LogP contribution in [0.1, 0.15) is 52.4 Å². The van der Waals surface area contributed by atoms with Gasteiger partial charge in [0.1, 0.15) is 0 Å². The molecule has 0 bridgehead atoms. The number of hydrogen-bond donors (Lipinski definition) is 1. The van der Waals surface area contributed by atoms with Crippen molar-refractivity contribution in [3.63, 3.8) is 0 Å². The number of nitrogens with two attached hydrogens (primary N) is 1. The number of guanidine groups is 1. The van der Waals surface area contributed by atoms with Gasteiger partial charge in [-0.15, -0.1) is 24.0 Å². The standard InChI is InChI=1S/C16H32N4.HI/c1-14-7-5-11-20(13-14)16(17)18-9-6-12-19-10-4-3-8-15(19)2;/h14-15H,3-13H2,1-2H3,(H2,17,18);1H. The summed E-state index contributed by atoms with van der Waals surface area (Å²) < 4.78 is 0. The van der Waals surface area contributed by atoms with Crippen LogP contribution >= 0.6 is 24.0 Å². The van der Waals surface area contributed by atoms with E-state index in [1.54, 1.807) is 0 Å². The lowest BCUT2D eigenvalue weighted by molar-refractivity contribution is 0.160. The number of rotatable bonds is 4. The molecule has 4 nitrogen and oxygen atoms in total. The van der Waals surface area contributed by atoms with E-state index in [9.17, 15) is 0 Å². The molecule has 0 saturated carbocycles. The summed E-state index contributed by atoms with van der Waals surface area (Å²) in [4.78, 5) is 9.46. The molecule has 0 aliphatic carbocycles. The molecule has 2 heterocycles. The zero-order chi connectivity index (χ0) is 14.4. The Kier molecular flexibility index (Phi) is 8.94. The van der Waals surface area contributed by atoms with Gasteiger partial charge in [-0.1, -0.05) is 13.3 Å². The van der Waals surface area contributed by atoms with E-state index in [1.807, 2.05) is 0 Å². The van der Waals surface area contributed by atoms with Gasteiger partial charge in [-0.25, -0.2) is 0 Å². The van der Waals surface area contributed by atoms with E-state index in [4.69, 9.17) is 5.73 Å². The Balaban J connectivity index is 0.00000220. The highest BCUT2D eigenvalue weighted by molar-refractivity contribution is 14.0. The summed E-state index contributed by atoms with van der Waals surface area (Å²) in [6, 6.07) is 0.757. The van der Waals surface area contributed by atoms with E-state index in [2.05, 4.69) is 28.6 Å². The fraction of sp³-hybridized carbons (Fsp3) is 0.938. The quantitative estimate of drug-likeness (QED) is 0.337. The number of hydrogen-bond acceptors (Lipinski definition) is 2. The first kappa shape index (κ1) is 19.0. The molecule has 0 aromatic heterocycles.